The predicted molar refractivity (Wildman–Crippen MR) is 99.2 cm³/mol. The van der Waals surface area contributed by atoms with E-state index in [9.17, 15) is 18.0 Å². The van der Waals surface area contributed by atoms with Gasteiger partial charge in [-0.15, -0.1) is 0 Å². The Balaban J connectivity index is 2.86. The number of carbonyl (C=O) groups excluding carboxylic acids is 1. The van der Waals surface area contributed by atoms with Crippen molar-refractivity contribution in [2.24, 2.45) is 5.92 Å². The van der Waals surface area contributed by atoms with E-state index in [1.807, 2.05) is 20.8 Å². The third-order valence-electron chi connectivity index (χ3n) is 3.83. The number of carboxylic acid groups (broad SMARTS) is 1. The van der Waals surface area contributed by atoms with Gasteiger partial charge in [-0.1, -0.05) is 31.5 Å². The van der Waals surface area contributed by atoms with Crippen LogP contribution in [0.25, 0.3) is 0 Å². The molecule has 1 rings (SSSR count). The number of hydrogen-bond acceptors (Lipinski definition) is 4. The molecule has 3 N–H and O–H groups in total. The van der Waals surface area contributed by atoms with Crippen LogP contribution in [-0.4, -0.2) is 37.5 Å². The van der Waals surface area contributed by atoms with Gasteiger partial charge < -0.3 is 10.4 Å². The van der Waals surface area contributed by atoms with Crippen molar-refractivity contribution in [2.75, 3.05) is 0 Å². The highest BCUT2D eigenvalue weighted by molar-refractivity contribution is 7.89. The smallest absolute Gasteiger partial charge is 0.303 e. The molecule has 0 bridgehead atoms. The third kappa shape index (κ3) is 7.53. The SMILES string of the molecule is Cc1ccc(S(=O)(=O)NC(CC(C)C)C(=O)NC(C)CCC(=O)O)cc1. The molecule has 0 aromatic heterocycles. The van der Waals surface area contributed by atoms with Gasteiger partial charge in [-0.3, -0.25) is 9.59 Å². The molecular formula is C18H28N2O5S. The highest BCUT2D eigenvalue weighted by atomic mass is 32.2. The van der Waals surface area contributed by atoms with Gasteiger partial charge in [0.2, 0.25) is 15.9 Å². The Morgan fingerprint density at radius 1 is 1.12 bits per heavy atom. The number of carboxylic acids is 1. The molecule has 0 spiro atoms. The number of carbonyl (C=O) groups is 2. The average Bonchev–Trinajstić information content (AvgIpc) is 2.52. The molecule has 0 aliphatic carbocycles. The molecule has 2 unspecified atom stereocenters. The van der Waals surface area contributed by atoms with Crippen molar-refractivity contribution in [3.63, 3.8) is 0 Å². The lowest BCUT2D eigenvalue weighted by molar-refractivity contribution is -0.137. The fourth-order valence-electron chi connectivity index (χ4n) is 2.41. The number of aliphatic carboxylic acids is 1. The second kappa shape index (κ2) is 9.68. The second-order valence-corrected chi connectivity index (χ2v) is 8.67. The van der Waals surface area contributed by atoms with Gasteiger partial charge >= 0.3 is 5.97 Å². The summed E-state index contributed by atoms with van der Waals surface area (Å²) < 4.78 is 27.6. The summed E-state index contributed by atoms with van der Waals surface area (Å²) in [5, 5.41) is 11.4. The first-order valence-corrected chi connectivity index (χ1v) is 10.1. The number of hydrogen-bond donors (Lipinski definition) is 3. The fourth-order valence-corrected chi connectivity index (χ4v) is 3.62. The van der Waals surface area contributed by atoms with Crippen LogP contribution in [0.4, 0.5) is 0 Å². The lowest BCUT2D eigenvalue weighted by atomic mass is 10.0. The number of aryl methyl sites for hydroxylation is 1. The van der Waals surface area contributed by atoms with E-state index in [4.69, 9.17) is 5.11 Å². The topological polar surface area (TPSA) is 113 Å². The molecule has 0 saturated carbocycles. The number of nitrogens with one attached hydrogen (secondary N) is 2. The zero-order chi connectivity index (χ0) is 19.9. The molecule has 0 radical (unpaired) electrons. The second-order valence-electron chi connectivity index (χ2n) is 6.96. The van der Waals surface area contributed by atoms with Crippen LogP contribution in [-0.2, 0) is 19.6 Å². The maximum absolute atomic E-state index is 12.6. The number of sulfonamides is 1. The van der Waals surface area contributed by atoms with Crippen molar-refractivity contribution >= 4 is 21.9 Å². The molecule has 146 valence electrons. The fraction of sp³-hybridized carbons (Fsp3) is 0.556. The molecule has 0 aliphatic rings. The standard InChI is InChI=1S/C18H28N2O5S/c1-12(2)11-16(18(23)19-14(4)7-10-17(21)22)20-26(24,25)15-8-5-13(3)6-9-15/h5-6,8-9,12,14,16,20H,7,10-11H2,1-4H3,(H,19,23)(H,21,22). The maximum Gasteiger partial charge on any atom is 0.303 e. The highest BCUT2D eigenvalue weighted by Gasteiger charge is 2.27. The van der Waals surface area contributed by atoms with Gasteiger partial charge in [0.1, 0.15) is 6.04 Å². The van der Waals surface area contributed by atoms with E-state index in [1.165, 1.54) is 12.1 Å². The van der Waals surface area contributed by atoms with Gasteiger partial charge in [-0.25, -0.2) is 8.42 Å². The summed E-state index contributed by atoms with van der Waals surface area (Å²) in [5.41, 5.74) is 0.938. The Morgan fingerprint density at radius 3 is 2.19 bits per heavy atom. The van der Waals surface area contributed by atoms with Crippen LogP contribution in [0.5, 0.6) is 0 Å². The normalized spacial score (nSPS) is 14.0. The molecular weight excluding hydrogens is 356 g/mol. The van der Waals surface area contributed by atoms with Crippen molar-refractivity contribution in [1.29, 1.82) is 0 Å². The van der Waals surface area contributed by atoms with Crippen LogP contribution >= 0.6 is 0 Å². The number of amides is 1. The van der Waals surface area contributed by atoms with Gasteiger partial charge in [-0.05, 0) is 44.7 Å². The number of benzene rings is 1. The molecule has 8 heteroatoms. The summed E-state index contributed by atoms with van der Waals surface area (Å²) >= 11 is 0. The van der Waals surface area contributed by atoms with Gasteiger partial charge in [0.25, 0.3) is 0 Å². The van der Waals surface area contributed by atoms with E-state index in [0.29, 0.717) is 6.42 Å². The minimum atomic E-state index is -3.83. The minimum absolute atomic E-state index is 0.0641. The van der Waals surface area contributed by atoms with Crippen molar-refractivity contribution in [1.82, 2.24) is 10.0 Å². The monoisotopic (exact) mass is 384 g/mol. The maximum atomic E-state index is 12.6. The molecule has 2 atom stereocenters. The first-order valence-electron chi connectivity index (χ1n) is 8.62. The molecule has 1 amide bonds. The summed E-state index contributed by atoms with van der Waals surface area (Å²) in [6.07, 6.45) is 0.550. The predicted octanol–water partition coefficient (Wildman–Crippen LogP) is 2.06. The Hall–Kier alpha value is -1.93. The molecule has 26 heavy (non-hydrogen) atoms. The van der Waals surface area contributed by atoms with Gasteiger partial charge in [0, 0.05) is 12.5 Å². The molecule has 1 aromatic rings. The molecule has 0 heterocycles. The van der Waals surface area contributed by atoms with Crippen LogP contribution in [0, 0.1) is 12.8 Å². The molecule has 0 aliphatic heterocycles. The highest BCUT2D eigenvalue weighted by Crippen LogP contribution is 2.14. The third-order valence-corrected chi connectivity index (χ3v) is 5.32. The average molecular weight is 384 g/mol. The number of rotatable bonds is 10. The zero-order valence-corrected chi connectivity index (χ0v) is 16.5. The summed E-state index contributed by atoms with van der Waals surface area (Å²) in [6.45, 7) is 7.35. The first-order chi connectivity index (χ1) is 12.0. The molecule has 1 aromatic carbocycles. The quantitative estimate of drug-likeness (QED) is 0.571. The van der Waals surface area contributed by atoms with Crippen molar-refractivity contribution in [3.8, 4) is 0 Å². The summed E-state index contributed by atoms with van der Waals surface area (Å²) in [4.78, 5) is 23.2. The van der Waals surface area contributed by atoms with Crippen LogP contribution in [0.3, 0.4) is 0 Å². The van der Waals surface area contributed by atoms with Crippen LogP contribution in [0.2, 0.25) is 0 Å². The van der Waals surface area contributed by atoms with Crippen molar-refractivity contribution < 1.29 is 23.1 Å². The van der Waals surface area contributed by atoms with Gasteiger partial charge in [0.15, 0.2) is 0 Å². The Labute approximate surface area is 155 Å². The van der Waals surface area contributed by atoms with Crippen LogP contribution < -0.4 is 10.0 Å². The van der Waals surface area contributed by atoms with E-state index in [0.717, 1.165) is 5.56 Å². The molecule has 0 saturated heterocycles. The summed E-state index contributed by atoms with van der Waals surface area (Å²) in [7, 11) is -3.83. The Bertz CT molecular complexity index is 714. The molecule has 0 fully saturated rings. The Morgan fingerprint density at radius 2 is 1.69 bits per heavy atom. The lowest BCUT2D eigenvalue weighted by Crippen LogP contribution is -2.49. The van der Waals surface area contributed by atoms with E-state index in [1.54, 1.807) is 19.1 Å². The minimum Gasteiger partial charge on any atom is -0.481 e. The van der Waals surface area contributed by atoms with Crippen LogP contribution in [0.15, 0.2) is 29.2 Å². The molecule has 7 nitrogen and oxygen atoms in total. The van der Waals surface area contributed by atoms with Crippen molar-refractivity contribution in [3.05, 3.63) is 29.8 Å². The van der Waals surface area contributed by atoms with E-state index >= 15 is 0 Å². The Kier molecular flexibility index (Phi) is 8.23. The largest absolute Gasteiger partial charge is 0.481 e. The summed E-state index contributed by atoms with van der Waals surface area (Å²) in [6, 6.07) is 5.10. The zero-order valence-electron chi connectivity index (χ0n) is 15.7. The van der Waals surface area contributed by atoms with E-state index in [-0.39, 0.29) is 29.7 Å². The van der Waals surface area contributed by atoms with Crippen LogP contribution in [0.1, 0.15) is 45.6 Å². The van der Waals surface area contributed by atoms with E-state index < -0.39 is 27.9 Å². The van der Waals surface area contributed by atoms with Crippen molar-refractivity contribution in [2.45, 2.75) is 63.9 Å². The van der Waals surface area contributed by atoms with Gasteiger partial charge in [0.05, 0.1) is 4.90 Å². The summed E-state index contributed by atoms with van der Waals surface area (Å²) in [5.74, 6) is -1.29. The lowest BCUT2D eigenvalue weighted by Gasteiger charge is -2.22. The van der Waals surface area contributed by atoms with Gasteiger partial charge in [-0.2, -0.15) is 4.72 Å². The van der Waals surface area contributed by atoms with E-state index in [2.05, 4.69) is 10.0 Å². The first kappa shape index (κ1) is 22.1.